The Hall–Kier alpha value is -1.90. The number of quaternary nitrogens is 2. The lowest BCUT2D eigenvalue weighted by atomic mass is 9.91. The standard InChI is InChI=1S/C19H24N2O3/c1-20-11-7-14-12-16-18(24-13-23-16)19(22-2)17(14)15(20)6-5-10-21-8-3-4-9-21/h12,15H,3-4,7-11,13H2,1-2H3/p+2. The van der Waals surface area contributed by atoms with Gasteiger partial charge in [0.15, 0.2) is 17.5 Å². The van der Waals surface area contributed by atoms with Gasteiger partial charge < -0.3 is 24.0 Å². The van der Waals surface area contributed by atoms with Crippen molar-refractivity contribution in [2.24, 2.45) is 0 Å². The van der Waals surface area contributed by atoms with Gasteiger partial charge in [0.2, 0.25) is 12.5 Å². The van der Waals surface area contributed by atoms with Gasteiger partial charge in [0.25, 0.3) is 0 Å². The van der Waals surface area contributed by atoms with E-state index >= 15 is 0 Å². The Morgan fingerprint density at radius 1 is 1.25 bits per heavy atom. The van der Waals surface area contributed by atoms with Crippen molar-refractivity contribution in [2.45, 2.75) is 25.3 Å². The van der Waals surface area contributed by atoms with Crippen LogP contribution in [0.5, 0.6) is 17.2 Å². The highest BCUT2D eigenvalue weighted by molar-refractivity contribution is 5.62. The van der Waals surface area contributed by atoms with E-state index in [0.717, 1.165) is 36.8 Å². The molecular weight excluding hydrogens is 304 g/mol. The number of fused-ring (bicyclic) bond motifs is 2. The van der Waals surface area contributed by atoms with Crippen LogP contribution >= 0.6 is 0 Å². The van der Waals surface area contributed by atoms with Gasteiger partial charge >= 0.3 is 0 Å². The van der Waals surface area contributed by atoms with Crippen LogP contribution in [-0.4, -0.2) is 47.1 Å². The molecule has 2 unspecified atom stereocenters. The zero-order chi connectivity index (χ0) is 16.5. The highest BCUT2D eigenvalue weighted by atomic mass is 16.7. The van der Waals surface area contributed by atoms with Gasteiger partial charge in [-0.1, -0.05) is 0 Å². The molecule has 2 atom stereocenters. The summed E-state index contributed by atoms with van der Waals surface area (Å²) in [6, 6.07) is 2.26. The van der Waals surface area contributed by atoms with Crippen molar-refractivity contribution in [1.82, 2.24) is 0 Å². The molecule has 5 heteroatoms. The Morgan fingerprint density at radius 2 is 2.08 bits per heavy atom. The van der Waals surface area contributed by atoms with Crippen LogP contribution in [0, 0.1) is 11.8 Å². The van der Waals surface area contributed by atoms with E-state index in [1.165, 1.54) is 42.0 Å². The molecule has 24 heavy (non-hydrogen) atoms. The van der Waals surface area contributed by atoms with Crippen LogP contribution in [0.25, 0.3) is 0 Å². The van der Waals surface area contributed by atoms with Crippen LogP contribution in [0.1, 0.15) is 30.0 Å². The van der Waals surface area contributed by atoms with Crippen molar-refractivity contribution in [1.29, 1.82) is 0 Å². The molecule has 1 saturated heterocycles. The summed E-state index contributed by atoms with van der Waals surface area (Å²) in [6.07, 6.45) is 3.70. The van der Waals surface area contributed by atoms with Crippen LogP contribution in [-0.2, 0) is 6.42 Å². The fourth-order valence-corrected chi connectivity index (χ4v) is 4.05. The SMILES string of the molecule is COc1c2c(cc3c1C(C#CC[NH+]1CCCC1)[NH+](C)CC3)OCO2. The fourth-order valence-electron chi connectivity index (χ4n) is 4.05. The summed E-state index contributed by atoms with van der Waals surface area (Å²) in [5, 5.41) is 0. The first-order valence-electron chi connectivity index (χ1n) is 8.91. The summed E-state index contributed by atoms with van der Waals surface area (Å²) in [5.74, 6) is 9.34. The van der Waals surface area contributed by atoms with E-state index in [4.69, 9.17) is 14.2 Å². The van der Waals surface area contributed by atoms with Crippen LogP contribution in [0.2, 0.25) is 0 Å². The second-order valence-corrected chi connectivity index (χ2v) is 6.95. The molecule has 4 rings (SSSR count). The molecular formula is C19H26N2O3+2. The van der Waals surface area contributed by atoms with Gasteiger partial charge in [-0.2, -0.15) is 0 Å². The summed E-state index contributed by atoms with van der Waals surface area (Å²) in [6.45, 7) is 4.82. The highest BCUT2D eigenvalue weighted by Crippen LogP contribution is 2.47. The molecule has 0 saturated carbocycles. The molecule has 5 nitrogen and oxygen atoms in total. The number of hydrogen-bond acceptors (Lipinski definition) is 3. The average Bonchev–Trinajstić information content (AvgIpc) is 3.26. The van der Waals surface area contributed by atoms with Crippen molar-refractivity contribution in [3.05, 3.63) is 17.2 Å². The van der Waals surface area contributed by atoms with E-state index < -0.39 is 0 Å². The van der Waals surface area contributed by atoms with Crippen LogP contribution in [0.4, 0.5) is 0 Å². The van der Waals surface area contributed by atoms with Crippen LogP contribution in [0.3, 0.4) is 0 Å². The molecule has 1 aromatic carbocycles. The summed E-state index contributed by atoms with van der Waals surface area (Å²) < 4.78 is 16.9. The minimum atomic E-state index is 0.139. The van der Waals surface area contributed by atoms with E-state index in [1.807, 2.05) is 0 Å². The van der Waals surface area contributed by atoms with Gasteiger partial charge in [0.05, 0.1) is 39.4 Å². The van der Waals surface area contributed by atoms with Crippen LogP contribution in [0.15, 0.2) is 6.07 Å². The number of methoxy groups -OCH3 is 1. The number of likely N-dealkylation sites (tertiary alicyclic amines) is 1. The number of nitrogens with one attached hydrogen (secondary N) is 2. The van der Waals surface area contributed by atoms with E-state index in [2.05, 4.69) is 25.0 Å². The first-order valence-corrected chi connectivity index (χ1v) is 8.91. The Bertz CT molecular complexity index is 686. The lowest BCUT2D eigenvalue weighted by Gasteiger charge is -2.30. The minimum Gasteiger partial charge on any atom is -0.492 e. The molecule has 3 heterocycles. The highest BCUT2D eigenvalue weighted by Gasteiger charge is 2.35. The lowest BCUT2D eigenvalue weighted by Crippen LogP contribution is -3.10. The molecule has 0 spiro atoms. The monoisotopic (exact) mass is 330 g/mol. The quantitative estimate of drug-likeness (QED) is 0.699. The summed E-state index contributed by atoms with van der Waals surface area (Å²) >= 11 is 0. The predicted octanol–water partition coefficient (Wildman–Crippen LogP) is -0.782. The molecule has 0 aliphatic carbocycles. The van der Waals surface area contributed by atoms with Crippen molar-refractivity contribution in [2.75, 3.05) is 47.1 Å². The first-order chi connectivity index (χ1) is 11.8. The normalized spacial score (nSPS) is 25.1. The van der Waals surface area contributed by atoms with Crippen LogP contribution < -0.4 is 24.0 Å². The smallest absolute Gasteiger partial charge is 0.231 e. The maximum absolute atomic E-state index is 5.72. The third kappa shape index (κ3) is 2.70. The summed E-state index contributed by atoms with van der Waals surface area (Å²) in [4.78, 5) is 3.04. The van der Waals surface area contributed by atoms with E-state index in [-0.39, 0.29) is 12.8 Å². The Balaban J connectivity index is 1.67. The summed E-state index contributed by atoms with van der Waals surface area (Å²) in [5.41, 5.74) is 2.48. The van der Waals surface area contributed by atoms with Gasteiger partial charge in [-0.25, -0.2) is 0 Å². The largest absolute Gasteiger partial charge is 0.492 e. The van der Waals surface area contributed by atoms with E-state index in [9.17, 15) is 0 Å². The third-order valence-electron chi connectivity index (χ3n) is 5.41. The van der Waals surface area contributed by atoms with Gasteiger partial charge in [0, 0.05) is 19.3 Å². The van der Waals surface area contributed by atoms with Crippen molar-refractivity contribution in [3.8, 4) is 29.1 Å². The number of benzene rings is 1. The Labute approximate surface area is 143 Å². The lowest BCUT2D eigenvalue weighted by molar-refractivity contribution is -0.905. The minimum absolute atomic E-state index is 0.139. The van der Waals surface area contributed by atoms with Gasteiger partial charge in [0.1, 0.15) is 6.54 Å². The van der Waals surface area contributed by atoms with Gasteiger partial charge in [-0.3, -0.25) is 0 Å². The molecule has 0 bridgehead atoms. The number of hydrogen-bond donors (Lipinski definition) is 2. The summed E-state index contributed by atoms with van der Waals surface area (Å²) in [7, 11) is 3.93. The zero-order valence-electron chi connectivity index (χ0n) is 14.5. The zero-order valence-corrected chi connectivity index (χ0v) is 14.5. The van der Waals surface area contributed by atoms with Gasteiger partial charge in [-0.05, 0) is 23.5 Å². The number of rotatable bonds is 2. The molecule has 128 valence electrons. The maximum Gasteiger partial charge on any atom is 0.231 e. The second kappa shape index (κ2) is 6.54. The maximum atomic E-state index is 5.72. The molecule has 0 aromatic heterocycles. The fraction of sp³-hybridized carbons (Fsp3) is 0.579. The average molecular weight is 330 g/mol. The molecule has 3 aliphatic rings. The van der Waals surface area contributed by atoms with Crippen molar-refractivity contribution < 1.29 is 24.0 Å². The molecule has 1 fully saturated rings. The number of ether oxygens (including phenoxy) is 3. The Kier molecular flexibility index (Phi) is 4.26. The molecule has 3 aliphatic heterocycles. The van der Waals surface area contributed by atoms with Crippen molar-refractivity contribution >= 4 is 0 Å². The molecule has 2 N–H and O–H groups in total. The Morgan fingerprint density at radius 3 is 2.88 bits per heavy atom. The molecule has 0 amide bonds. The van der Waals surface area contributed by atoms with Gasteiger partial charge in [-0.15, -0.1) is 0 Å². The topological polar surface area (TPSA) is 36.6 Å². The third-order valence-corrected chi connectivity index (χ3v) is 5.41. The molecule has 1 aromatic rings. The second-order valence-electron chi connectivity index (χ2n) is 6.95. The predicted molar refractivity (Wildman–Crippen MR) is 89.9 cm³/mol. The van der Waals surface area contributed by atoms with E-state index in [0.29, 0.717) is 0 Å². The van der Waals surface area contributed by atoms with Crippen molar-refractivity contribution in [3.63, 3.8) is 0 Å². The van der Waals surface area contributed by atoms with E-state index in [1.54, 1.807) is 12.0 Å². The number of likely N-dealkylation sites (N-methyl/N-ethyl adjacent to an activating group) is 1. The first kappa shape index (κ1) is 15.6. The molecule has 0 radical (unpaired) electrons.